The summed E-state index contributed by atoms with van der Waals surface area (Å²) in [5, 5.41) is 0. The summed E-state index contributed by atoms with van der Waals surface area (Å²) in [6.07, 6.45) is 11.0. The largest absolute Gasteiger partial charge is 0.310 e. The zero-order valence-corrected chi connectivity index (χ0v) is 38.4. The zero-order chi connectivity index (χ0) is 43.2. The van der Waals surface area contributed by atoms with E-state index in [1.165, 1.54) is 113 Å². The van der Waals surface area contributed by atoms with Crippen molar-refractivity contribution in [1.82, 2.24) is 0 Å². The van der Waals surface area contributed by atoms with Gasteiger partial charge in [-0.1, -0.05) is 148 Å². The molecule has 0 heterocycles. The second-order valence-corrected chi connectivity index (χ2v) is 22.4. The summed E-state index contributed by atoms with van der Waals surface area (Å²) in [7, 11) is 0. The maximum atomic E-state index is 2.64. The predicted octanol–water partition coefficient (Wildman–Crippen LogP) is 16.8. The van der Waals surface area contributed by atoms with Crippen molar-refractivity contribution < 1.29 is 0 Å². The van der Waals surface area contributed by atoms with Gasteiger partial charge < -0.3 is 4.90 Å². The number of rotatable bonds is 5. The van der Waals surface area contributed by atoms with Crippen molar-refractivity contribution in [3.05, 3.63) is 186 Å². The van der Waals surface area contributed by atoms with Crippen molar-refractivity contribution in [2.75, 3.05) is 4.90 Å². The zero-order valence-electron chi connectivity index (χ0n) is 38.4. The monoisotopic (exact) mass is 843 g/mol. The summed E-state index contributed by atoms with van der Waals surface area (Å²) in [6, 6.07) is 64.0. The van der Waals surface area contributed by atoms with E-state index in [-0.39, 0.29) is 10.8 Å². The Balaban J connectivity index is 0.997. The molecule has 3 unspecified atom stereocenters. The summed E-state index contributed by atoms with van der Waals surface area (Å²) >= 11 is 0. The lowest BCUT2D eigenvalue weighted by molar-refractivity contribution is 0.0394. The SMILES string of the molecule is C[C@@H]1CC2C[C@@H]3C2C[C@@H](C1)[C@@]31c2ccccc2-c2cc(N(c3ccc4c(c3)-c3ccccc3[C@]43[C@H]4CC(C[C@@H](C)C4)C[C@@H]3C)c3ccc(-c4ccccc4)cc3-c3ccccc3)ccc21. The number of fused-ring (bicyclic) bond motifs is 16. The molecule has 5 fully saturated rings. The maximum Gasteiger partial charge on any atom is 0.0540 e. The van der Waals surface area contributed by atoms with Gasteiger partial charge in [0.15, 0.2) is 0 Å². The summed E-state index contributed by atoms with van der Waals surface area (Å²) in [5.41, 5.74) is 21.1. The molecule has 2 spiro atoms. The second-order valence-electron chi connectivity index (χ2n) is 22.4. The number of hydrogen-bond acceptors (Lipinski definition) is 1. The fourth-order valence-electron chi connectivity index (χ4n) is 17.1. The van der Waals surface area contributed by atoms with Crippen molar-refractivity contribution in [2.45, 2.75) is 83.0 Å². The van der Waals surface area contributed by atoms with Gasteiger partial charge in [0, 0.05) is 27.8 Å². The van der Waals surface area contributed by atoms with Crippen LogP contribution in [0.5, 0.6) is 0 Å². The second kappa shape index (κ2) is 14.2. The molecule has 7 aliphatic carbocycles. The first-order valence-electron chi connectivity index (χ1n) is 25.4. The molecule has 5 saturated carbocycles. The van der Waals surface area contributed by atoms with Crippen LogP contribution in [0.1, 0.15) is 94.4 Å². The Morgan fingerprint density at radius 3 is 1.66 bits per heavy atom. The molecule has 322 valence electrons. The number of nitrogens with zero attached hydrogens (tertiary/aromatic N) is 1. The van der Waals surface area contributed by atoms with Crippen LogP contribution in [-0.2, 0) is 10.8 Å². The topological polar surface area (TPSA) is 3.24 Å². The molecule has 11 atom stereocenters. The van der Waals surface area contributed by atoms with E-state index in [1.807, 2.05) is 0 Å². The van der Waals surface area contributed by atoms with E-state index in [4.69, 9.17) is 0 Å². The van der Waals surface area contributed by atoms with Crippen LogP contribution in [0, 0.1) is 53.3 Å². The van der Waals surface area contributed by atoms with Crippen molar-refractivity contribution in [2.24, 2.45) is 53.3 Å². The summed E-state index contributed by atoms with van der Waals surface area (Å²) in [6.45, 7) is 7.68. The molecule has 0 aliphatic heterocycles. The van der Waals surface area contributed by atoms with Crippen molar-refractivity contribution in [1.29, 1.82) is 0 Å². The Bertz CT molecular complexity index is 2910. The van der Waals surface area contributed by atoms with Crippen LogP contribution in [0.2, 0.25) is 0 Å². The number of benzene rings is 7. The highest BCUT2D eigenvalue weighted by molar-refractivity contribution is 5.95. The average Bonchev–Trinajstić information content (AvgIpc) is 3.85. The Morgan fingerprint density at radius 1 is 0.400 bits per heavy atom. The van der Waals surface area contributed by atoms with Gasteiger partial charge >= 0.3 is 0 Å². The number of anilines is 3. The molecule has 0 aromatic heterocycles. The fourth-order valence-corrected chi connectivity index (χ4v) is 17.1. The van der Waals surface area contributed by atoms with Crippen LogP contribution in [0.3, 0.4) is 0 Å². The van der Waals surface area contributed by atoms with Gasteiger partial charge in [-0.15, -0.1) is 0 Å². The highest BCUT2D eigenvalue weighted by atomic mass is 15.1. The quantitative estimate of drug-likeness (QED) is 0.167. The summed E-state index contributed by atoms with van der Waals surface area (Å²) in [5.74, 6) is 7.01. The molecule has 7 aliphatic rings. The van der Waals surface area contributed by atoms with Gasteiger partial charge in [0.25, 0.3) is 0 Å². The molecule has 4 bridgehead atoms. The van der Waals surface area contributed by atoms with Crippen LogP contribution in [0.4, 0.5) is 17.1 Å². The van der Waals surface area contributed by atoms with Gasteiger partial charge in [0.1, 0.15) is 0 Å². The third-order valence-electron chi connectivity index (χ3n) is 19.2. The Kier molecular flexibility index (Phi) is 8.41. The molecule has 7 aromatic rings. The first-order valence-corrected chi connectivity index (χ1v) is 25.4. The van der Waals surface area contributed by atoms with Crippen molar-refractivity contribution in [3.63, 3.8) is 0 Å². The third kappa shape index (κ3) is 5.28. The molecule has 0 radical (unpaired) electrons. The Labute approximate surface area is 387 Å². The van der Waals surface area contributed by atoms with E-state index in [1.54, 1.807) is 22.3 Å². The summed E-state index contributed by atoms with van der Waals surface area (Å²) in [4.78, 5) is 2.64. The van der Waals surface area contributed by atoms with Crippen LogP contribution in [-0.4, -0.2) is 0 Å². The molecule has 7 aromatic carbocycles. The highest BCUT2D eigenvalue weighted by Gasteiger charge is 2.67. The Hall–Kier alpha value is -5.66. The van der Waals surface area contributed by atoms with E-state index >= 15 is 0 Å². The highest BCUT2D eigenvalue weighted by Crippen LogP contribution is 2.73. The smallest absolute Gasteiger partial charge is 0.0540 e. The maximum absolute atomic E-state index is 2.64. The van der Waals surface area contributed by atoms with Gasteiger partial charge in [-0.25, -0.2) is 0 Å². The molecule has 14 rings (SSSR count). The molecule has 0 saturated heterocycles. The van der Waals surface area contributed by atoms with Gasteiger partial charge in [-0.05, 0) is 202 Å². The molecule has 0 N–H and O–H groups in total. The minimum absolute atomic E-state index is 0.0644. The van der Waals surface area contributed by atoms with Crippen LogP contribution < -0.4 is 4.90 Å². The first-order chi connectivity index (χ1) is 31.9. The van der Waals surface area contributed by atoms with Gasteiger partial charge in [-0.3, -0.25) is 0 Å². The van der Waals surface area contributed by atoms with Crippen molar-refractivity contribution in [3.8, 4) is 44.5 Å². The number of hydrogen-bond donors (Lipinski definition) is 0. The van der Waals surface area contributed by atoms with Gasteiger partial charge in [0.2, 0.25) is 0 Å². The van der Waals surface area contributed by atoms with Gasteiger partial charge in [-0.2, -0.15) is 0 Å². The van der Waals surface area contributed by atoms with E-state index in [0.29, 0.717) is 17.8 Å². The Morgan fingerprint density at radius 2 is 0.969 bits per heavy atom. The van der Waals surface area contributed by atoms with E-state index in [2.05, 4.69) is 189 Å². The molecular weight excluding hydrogens is 783 g/mol. The third-order valence-corrected chi connectivity index (χ3v) is 19.2. The standard InChI is InChI=1S/C64H61N/c1-39-28-42-32-41(3)63(47(30-39)33-42)57-20-12-10-18-51(57)55-37-49(23-25-59(55)63)65(62-27-22-45(43-14-6-4-7-15-43)34-54(62)44-16-8-5-9-17-44)50-24-26-60-56(38-50)52-19-11-13-21-58(52)64(60)48-31-40(2)29-46-35-61(64)53(46)36-48/h4-27,34,37-42,46-48,53,61H,28-33,35-36H2,1-3H3/t39-,40-,41+,42?,46?,47-,48-,53?,61-,63+,64+/m1/s1. The normalized spacial score (nSPS) is 31.7. The van der Waals surface area contributed by atoms with Crippen LogP contribution in [0.25, 0.3) is 44.5 Å². The predicted molar refractivity (Wildman–Crippen MR) is 270 cm³/mol. The van der Waals surface area contributed by atoms with Crippen LogP contribution in [0.15, 0.2) is 164 Å². The van der Waals surface area contributed by atoms with Crippen LogP contribution >= 0.6 is 0 Å². The summed E-state index contributed by atoms with van der Waals surface area (Å²) < 4.78 is 0. The van der Waals surface area contributed by atoms with E-state index < -0.39 is 0 Å². The molecule has 1 nitrogen and oxygen atoms in total. The minimum atomic E-state index is 0.0644. The van der Waals surface area contributed by atoms with E-state index in [0.717, 1.165) is 35.5 Å². The fraction of sp³-hybridized carbons (Fsp3) is 0.344. The minimum Gasteiger partial charge on any atom is -0.310 e. The lowest BCUT2D eigenvalue weighted by atomic mass is 9.49. The average molecular weight is 844 g/mol. The molecule has 1 heteroatoms. The first kappa shape index (κ1) is 38.6. The molecular formula is C64H61N. The lowest BCUT2D eigenvalue weighted by Crippen LogP contribution is -2.49. The lowest BCUT2D eigenvalue weighted by Gasteiger charge is -2.54. The molecule has 65 heavy (non-hydrogen) atoms. The molecule has 0 amide bonds. The van der Waals surface area contributed by atoms with Gasteiger partial charge in [0.05, 0.1) is 5.69 Å². The van der Waals surface area contributed by atoms with E-state index in [9.17, 15) is 0 Å². The van der Waals surface area contributed by atoms with Crippen molar-refractivity contribution >= 4 is 17.1 Å².